The molecule has 0 radical (unpaired) electrons. The van der Waals surface area contributed by atoms with Gasteiger partial charge in [-0.05, 0) is 12.1 Å². The Hall–Kier alpha value is -3.07. The van der Waals surface area contributed by atoms with Crippen molar-refractivity contribution in [1.29, 1.82) is 0 Å². The van der Waals surface area contributed by atoms with E-state index in [0.29, 0.717) is 44.2 Å². The van der Waals surface area contributed by atoms with Crippen molar-refractivity contribution in [1.82, 2.24) is 14.7 Å². The summed E-state index contributed by atoms with van der Waals surface area (Å²) in [5.41, 5.74) is 3.09. The van der Waals surface area contributed by atoms with Gasteiger partial charge in [0, 0.05) is 5.56 Å². The standard InChI is InChI=1S/C17H19N5O4/c23-7-5-22-15-11-20(10-12(15)9-18-22)16(24)19-13-3-1-2-4-14(13)21-6-8-26-17(21)25/h1-4,9,23H,5-8,10-11H2,(H,19,24). The molecular formula is C17H19N5O4. The summed E-state index contributed by atoms with van der Waals surface area (Å²) < 4.78 is 6.70. The van der Waals surface area contributed by atoms with Crippen LogP contribution in [0.3, 0.4) is 0 Å². The SMILES string of the molecule is O=C(Nc1ccccc1N1CCOC1=O)N1Cc2cnn(CCO)c2C1. The van der Waals surface area contributed by atoms with E-state index in [-0.39, 0.29) is 12.6 Å². The second-order valence-electron chi connectivity index (χ2n) is 6.13. The number of aliphatic hydroxyl groups is 1. The highest BCUT2D eigenvalue weighted by atomic mass is 16.6. The van der Waals surface area contributed by atoms with E-state index in [1.165, 1.54) is 4.90 Å². The molecule has 2 aromatic rings. The van der Waals surface area contributed by atoms with Gasteiger partial charge >= 0.3 is 12.1 Å². The average molecular weight is 357 g/mol. The number of anilines is 2. The number of amides is 3. The minimum atomic E-state index is -0.413. The lowest BCUT2D eigenvalue weighted by atomic mass is 10.2. The largest absolute Gasteiger partial charge is 0.447 e. The summed E-state index contributed by atoms with van der Waals surface area (Å²) in [5, 5.41) is 16.2. The molecule has 0 aliphatic carbocycles. The number of carbonyl (C=O) groups is 2. The third-order valence-corrected chi connectivity index (χ3v) is 4.53. The number of ether oxygens (including phenoxy) is 1. The number of nitrogens with one attached hydrogen (secondary N) is 1. The topological polar surface area (TPSA) is 99.9 Å². The molecule has 2 aliphatic rings. The van der Waals surface area contributed by atoms with Crippen LogP contribution in [0, 0.1) is 0 Å². The van der Waals surface area contributed by atoms with Crippen molar-refractivity contribution in [3.8, 4) is 0 Å². The number of cyclic esters (lactones) is 1. The Balaban J connectivity index is 1.49. The number of aromatic nitrogens is 2. The Kier molecular flexibility index (Phi) is 4.21. The number of hydrogen-bond donors (Lipinski definition) is 2. The van der Waals surface area contributed by atoms with Gasteiger partial charge in [-0.1, -0.05) is 12.1 Å². The van der Waals surface area contributed by atoms with Gasteiger partial charge in [-0.3, -0.25) is 9.58 Å². The lowest BCUT2D eigenvalue weighted by molar-refractivity contribution is 0.181. The number of aliphatic hydroxyl groups excluding tert-OH is 1. The van der Waals surface area contributed by atoms with E-state index < -0.39 is 6.09 Å². The zero-order chi connectivity index (χ0) is 18.1. The van der Waals surface area contributed by atoms with Crippen molar-refractivity contribution in [2.45, 2.75) is 19.6 Å². The van der Waals surface area contributed by atoms with Gasteiger partial charge in [0.1, 0.15) is 6.61 Å². The van der Waals surface area contributed by atoms with Crippen LogP contribution < -0.4 is 10.2 Å². The lowest BCUT2D eigenvalue weighted by Crippen LogP contribution is -2.32. The Morgan fingerprint density at radius 3 is 2.92 bits per heavy atom. The summed E-state index contributed by atoms with van der Waals surface area (Å²) in [6, 6.07) is 6.90. The molecule has 0 atom stereocenters. The molecule has 1 saturated heterocycles. The Bertz CT molecular complexity index is 849. The second-order valence-corrected chi connectivity index (χ2v) is 6.13. The summed E-state index contributed by atoms with van der Waals surface area (Å²) in [6.07, 6.45) is 1.32. The summed E-state index contributed by atoms with van der Waals surface area (Å²) >= 11 is 0. The smallest absolute Gasteiger partial charge is 0.414 e. The van der Waals surface area contributed by atoms with Crippen LogP contribution >= 0.6 is 0 Å². The maximum atomic E-state index is 12.7. The molecule has 1 fully saturated rings. The van der Waals surface area contributed by atoms with Crippen LogP contribution in [-0.4, -0.2) is 51.7 Å². The number of carbonyl (C=O) groups excluding carboxylic acids is 2. The lowest BCUT2D eigenvalue weighted by Gasteiger charge is -2.21. The van der Waals surface area contributed by atoms with Crippen molar-refractivity contribution < 1.29 is 19.4 Å². The quantitative estimate of drug-likeness (QED) is 0.861. The van der Waals surface area contributed by atoms with Crippen LogP contribution in [0.25, 0.3) is 0 Å². The van der Waals surface area contributed by atoms with Gasteiger partial charge in [0.15, 0.2) is 0 Å². The highest BCUT2D eigenvalue weighted by molar-refractivity contribution is 5.99. The highest BCUT2D eigenvalue weighted by Gasteiger charge is 2.29. The number of rotatable bonds is 4. The number of benzene rings is 1. The van der Waals surface area contributed by atoms with Crippen molar-refractivity contribution in [3.05, 3.63) is 41.7 Å². The van der Waals surface area contributed by atoms with Crippen LogP contribution in [0.4, 0.5) is 21.0 Å². The van der Waals surface area contributed by atoms with Crippen molar-refractivity contribution >= 4 is 23.5 Å². The van der Waals surface area contributed by atoms with E-state index in [2.05, 4.69) is 10.4 Å². The van der Waals surface area contributed by atoms with Gasteiger partial charge in [-0.25, -0.2) is 9.59 Å². The van der Waals surface area contributed by atoms with Crippen LogP contribution in [0.15, 0.2) is 30.5 Å². The van der Waals surface area contributed by atoms with Crippen LogP contribution in [0.2, 0.25) is 0 Å². The number of fused-ring (bicyclic) bond motifs is 1. The molecule has 9 heteroatoms. The Labute approximate surface area is 149 Å². The van der Waals surface area contributed by atoms with E-state index in [1.807, 2.05) is 6.07 Å². The molecule has 1 aromatic carbocycles. The molecule has 4 rings (SSSR count). The fraction of sp³-hybridized carbons (Fsp3) is 0.353. The molecular weight excluding hydrogens is 338 g/mol. The van der Waals surface area contributed by atoms with E-state index in [9.17, 15) is 9.59 Å². The van der Waals surface area contributed by atoms with E-state index in [0.717, 1.165) is 11.3 Å². The van der Waals surface area contributed by atoms with Gasteiger partial charge in [-0.15, -0.1) is 0 Å². The van der Waals surface area contributed by atoms with Gasteiger partial charge in [0.2, 0.25) is 0 Å². The maximum Gasteiger partial charge on any atom is 0.414 e. The van der Waals surface area contributed by atoms with E-state index >= 15 is 0 Å². The molecule has 1 aromatic heterocycles. The first-order valence-electron chi connectivity index (χ1n) is 8.41. The van der Waals surface area contributed by atoms with Crippen molar-refractivity contribution in [2.24, 2.45) is 0 Å². The predicted octanol–water partition coefficient (Wildman–Crippen LogP) is 1.38. The number of hydrogen-bond acceptors (Lipinski definition) is 5. The first kappa shape index (κ1) is 16.4. The minimum Gasteiger partial charge on any atom is -0.447 e. The zero-order valence-electron chi connectivity index (χ0n) is 14.1. The first-order valence-corrected chi connectivity index (χ1v) is 8.41. The molecule has 3 amide bonds. The molecule has 2 N–H and O–H groups in total. The fourth-order valence-corrected chi connectivity index (χ4v) is 3.26. The van der Waals surface area contributed by atoms with Gasteiger partial charge in [0.05, 0.1) is 56.1 Å². The molecule has 2 aliphatic heterocycles. The summed E-state index contributed by atoms with van der Waals surface area (Å²) in [4.78, 5) is 27.7. The van der Waals surface area contributed by atoms with Crippen LogP contribution in [-0.2, 0) is 24.4 Å². The summed E-state index contributed by atoms with van der Waals surface area (Å²) in [7, 11) is 0. The number of urea groups is 1. The fourth-order valence-electron chi connectivity index (χ4n) is 3.26. The van der Waals surface area contributed by atoms with Gasteiger partial charge in [0.25, 0.3) is 0 Å². The molecule has 26 heavy (non-hydrogen) atoms. The first-order chi connectivity index (χ1) is 12.7. The average Bonchev–Trinajstić information content (AvgIpc) is 3.33. The molecule has 0 saturated carbocycles. The zero-order valence-corrected chi connectivity index (χ0v) is 14.1. The minimum absolute atomic E-state index is 0.000371. The molecule has 9 nitrogen and oxygen atoms in total. The number of para-hydroxylation sites is 2. The summed E-state index contributed by atoms with van der Waals surface area (Å²) in [6.45, 7) is 2.09. The Morgan fingerprint density at radius 2 is 2.15 bits per heavy atom. The molecule has 0 spiro atoms. The second kappa shape index (κ2) is 6.68. The Morgan fingerprint density at radius 1 is 1.31 bits per heavy atom. The van der Waals surface area contributed by atoms with Gasteiger partial charge < -0.3 is 20.1 Å². The third-order valence-electron chi connectivity index (χ3n) is 4.53. The highest BCUT2D eigenvalue weighted by Crippen LogP contribution is 2.29. The molecule has 3 heterocycles. The number of nitrogens with zero attached hydrogens (tertiary/aromatic N) is 4. The predicted molar refractivity (Wildman–Crippen MR) is 92.7 cm³/mol. The monoisotopic (exact) mass is 357 g/mol. The van der Waals surface area contributed by atoms with Crippen LogP contribution in [0.1, 0.15) is 11.3 Å². The molecule has 136 valence electrons. The molecule has 0 bridgehead atoms. The summed E-state index contributed by atoms with van der Waals surface area (Å²) in [5.74, 6) is 0. The van der Waals surface area contributed by atoms with Crippen molar-refractivity contribution in [2.75, 3.05) is 30.0 Å². The van der Waals surface area contributed by atoms with Gasteiger partial charge in [-0.2, -0.15) is 5.10 Å². The van der Waals surface area contributed by atoms with Crippen molar-refractivity contribution in [3.63, 3.8) is 0 Å². The van der Waals surface area contributed by atoms with E-state index in [1.54, 1.807) is 34.0 Å². The molecule has 0 unspecified atom stereocenters. The third kappa shape index (κ3) is 2.86. The maximum absolute atomic E-state index is 12.7. The normalized spacial score (nSPS) is 16.0. The van der Waals surface area contributed by atoms with E-state index in [4.69, 9.17) is 9.84 Å². The van der Waals surface area contributed by atoms with Crippen LogP contribution in [0.5, 0.6) is 0 Å².